The van der Waals surface area contributed by atoms with Gasteiger partial charge in [0.1, 0.15) is 0 Å². The van der Waals surface area contributed by atoms with Gasteiger partial charge in [0.05, 0.1) is 17.3 Å². The van der Waals surface area contributed by atoms with Gasteiger partial charge in [0, 0.05) is 23.8 Å². The Balaban J connectivity index is 2.15. The number of nitrogen functional groups attached to an aromatic ring is 1. The molecule has 0 aliphatic heterocycles. The maximum atomic E-state index is 9.90. The largest absolute Gasteiger partial charge is 0.397 e. The molecule has 0 saturated heterocycles. The van der Waals surface area contributed by atoms with E-state index in [0.717, 1.165) is 23.0 Å². The fourth-order valence-corrected chi connectivity index (χ4v) is 2.21. The van der Waals surface area contributed by atoms with Crippen LogP contribution in [-0.2, 0) is 0 Å². The summed E-state index contributed by atoms with van der Waals surface area (Å²) in [7, 11) is 0. The topological polar surface area (TPSA) is 71.2 Å². The zero-order valence-corrected chi connectivity index (χ0v) is 11.4. The van der Waals surface area contributed by atoms with Crippen molar-refractivity contribution < 1.29 is 5.11 Å². The number of aliphatic hydroxyl groups is 1. The molecule has 0 fully saturated rings. The van der Waals surface area contributed by atoms with Gasteiger partial charge in [0.2, 0.25) is 0 Å². The molecule has 0 saturated carbocycles. The maximum Gasteiger partial charge on any atom is 0.0951 e. The zero-order valence-electron chi connectivity index (χ0n) is 11.4. The molecular formula is C15H21N3O. The number of nitrogens with one attached hydrogen (secondary N) is 1. The Bertz CT molecular complexity index is 554. The number of para-hydroxylation sites is 1. The van der Waals surface area contributed by atoms with Crippen molar-refractivity contribution in [2.45, 2.75) is 26.4 Å². The molecule has 102 valence electrons. The van der Waals surface area contributed by atoms with Crippen molar-refractivity contribution in [3.05, 3.63) is 30.5 Å². The molecule has 0 spiro atoms. The normalized spacial score (nSPS) is 12.8. The lowest BCUT2D eigenvalue weighted by molar-refractivity contribution is 0.161. The van der Waals surface area contributed by atoms with Gasteiger partial charge in [-0.05, 0) is 24.5 Å². The van der Waals surface area contributed by atoms with Crippen molar-refractivity contribution >= 4 is 22.3 Å². The predicted octanol–water partition coefficient (Wildman–Crippen LogP) is 2.64. The first-order valence-corrected chi connectivity index (χ1v) is 6.63. The molecule has 1 aromatic carbocycles. The quantitative estimate of drug-likeness (QED) is 0.722. The van der Waals surface area contributed by atoms with E-state index in [2.05, 4.69) is 24.1 Å². The van der Waals surface area contributed by atoms with Crippen molar-refractivity contribution in [2.24, 2.45) is 5.92 Å². The van der Waals surface area contributed by atoms with Crippen LogP contribution in [0.3, 0.4) is 0 Å². The Morgan fingerprint density at radius 2 is 2.11 bits per heavy atom. The van der Waals surface area contributed by atoms with Gasteiger partial charge in [0.25, 0.3) is 0 Å². The van der Waals surface area contributed by atoms with E-state index in [1.165, 1.54) is 0 Å². The molecule has 19 heavy (non-hydrogen) atoms. The predicted molar refractivity (Wildman–Crippen MR) is 80.1 cm³/mol. The molecule has 1 atom stereocenters. The molecule has 2 rings (SSSR count). The Morgan fingerprint density at radius 1 is 1.32 bits per heavy atom. The van der Waals surface area contributed by atoms with E-state index in [9.17, 15) is 5.11 Å². The third-order valence-electron chi connectivity index (χ3n) is 3.07. The molecule has 2 aromatic rings. The van der Waals surface area contributed by atoms with E-state index < -0.39 is 0 Å². The first-order chi connectivity index (χ1) is 9.08. The third-order valence-corrected chi connectivity index (χ3v) is 3.07. The first-order valence-electron chi connectivity index (χ1n) is 6.63. The smallest absolute Gasteiger partial charge is 0.0951 e. The average Bonchev–Trinajstić information content (AvgIpc) is 2.36. The Kier molecular flexibility index (Phi) is 4.22. The van der Waals surface area contributed by atoms with Gasteiger partial charge in [-0.2, -0.15) is 0 Å². The van der Waals surface area contributed by atoms with Crippen LogP contribution in [0.25, 0.3) is 10.9 Å². The number of nitrogens with zero attached hydrogens (tertiary/aromatic N) is 1. The van der Waals surface area contributed by atoms with E-state index in [0.29, 0.717) is 18.2 Å². The van der Waals surface area contributed by atoms with Crippen LogP contribution >= 0.6 is 0 Å². The Morgan fingerprint density at radius 3 is 2.84 bits per heavy atom. The first kappa shape index (κ1) is 13.6. The van der Waals surface area contributed by atoms with E-state index >= 15 is 0 Å². The highest BCUT2D eigenvalue weighted by molar-refractivity contribution is 5.97. The second-order valence-corrected chi connectivity index (χ2v) is 5.27. The summed E-state index contributed by atoms with van der Waals surface area (Å²) >= 11 is 0. The van der Waals surface area contributed by atoms with Crippen LogP contribution in [0.15, 0.2) is 30.5 Å². The fraction of sp³-hybridized carbons (Fsp3) is 0.400. The molecule has 0 bridgehead atoms. The van der Waals surface area contributed by atoms with E-state index in [4.69, 9.17) is 5.73 Å². The molecule has 0 aliphatic carbocycles. The van der Waals surface area contributed by atoms with Gasteiger partial charge in [-0.15, -0.1) is 0 Å². The highest BCUT2D eigenvalue weighted by atomic mass is 16.3. The molecule has 0 aliphatic rings. The molecular weight excluding hydrogens is 238 g/mol. The number of benzene rings is 1. The minimum Gasteiger partial charge on any atom is -0.397 e. The summed E-state index contributed by atoms with van der Waals surface area (Å²) < 4.78 is 0. The summed E-state index contributed by atoms with van der Waals surface area (Å²) in [4.78, 5) is 4.29. The highest BCUT2D eigenvalue weighted by Crippen LogP contribution is 2.25. The summed E-state index contributed by atoms with van der Waals surface area (Å²) in [6, 6.07) is 7.64. The summed E-state index contributed by atoms with van der Waals surface area (Å²) in [5.41, 5.74) is 8.33. The van der Waals surface area contributed by atoms with Gasteiger partial charge < -0.3 is 16.2 Å². The minimum atomic E-state index is -0.343. The third kappa shape index (κ3) is 3.35. The molecule has 1 aromatic heterocycles. The molecule has 0 radical (unpaired) electrons. The van der Waals surface area contributed by atoms with Crippen molar-refractivity contribution in [2.75, 3.05) is 17.6 Å². The van der Waals surface area contributed by atoms with E-state index in [1.54, 1.807) is 6.20 Å². The summed E-state index contributed by atoms with van der Waals surface area (Å²) in [6.07, 6.45) is 2.18. The lowest BCUT2D eigenvalue weighted by Gasteiger charge is -2.16. The van der Waals surface area contributed by atoms with Crippen LogP contribution in [0.2, 0.25) is 0 Å². The monoisotopic (exact) mass is 259 g/mol. The average molecular weight is 259 g/mol. The minimum absolute atomic E-state index is 0.343. The van der Waals surface area contributed by atoms with E-state index in [-0.39, 0.29) is 6.10 Å². The second-order valence-electron chi connectivity index (χ2n) is 5.27. The second kappa shape index (κ2) is 5.89. The fourth-order valence-electron chi connectivity index (χ4n) is 2.21. The lowest BCUT2D eigenvalue weighted by Crippen LogP contribution is -2.21. The summed E-state index contributed by atoms with van der Waals surface area (Å²) in [6.45, 7) is 4.74. The highest BCUT2D eigenvalue weighted by Gasteiger charge is 2.08. The van der Waals surface area contributed by atoms with Crippen molar-refractivity contribution in [1.82, 2.24) is 4.98 Å². The van der Waals surface area contributed by atoms with Crippen molar-refractivity contribution in [3.63, 3.8) is 0 Å². The number of hydrogen-bond acceptors (Lipinski definition) is 4. The summed E-state index contributed by atoms with van der Waals surface area (Å²) in [5.74, 6) is 0.488. The molecule has 0 amide bonds. The van der Waals surface area contributed by atoms with Crippen LogP contribution in [0, 0.1) is 5.92 Å². The van der Waals surface area contributed by atoms with E-state index in [1.807, 2.05) is 24.3 Å². The molecule has 4 heteroatoms. The van der Waals surface area contributed by atoms with Crippen LogP contribution in [0.5, 0.6) is 0 Å². The van der Waals surface area contributed by atoms with Gasteiger partial charge >= 0.3 is 0 Å². The molecule has 4 nitrogen and oxygen atoms in total. The Hall–Kier alpha value is -1.81. The number of aromatic nitrogens is 1. The molecule has 1 heterocycles. The van der Waals surface area contributed by atoms with Crippen LogP contribution in [0.1, 0.15) is 20.3 Å². The number of rotatable bonds is 5. The molecule has 1 unspecified atom stereocenters. The summed E-state index contributed by atoms with van der Waals surface area (Å²) in [5, 5.41) is 14.2. The SMILES string of the molecule is CC(C)CC(O)CNc1ccnc2c(N)cccc12. The van der Waals surface area contributed by atoms with Crippen molar-refractivity contribution in [3.8, 4) is 0 Å². The number of fused-ring (bicyclic) bond motifs is 1. The number of hydrogen-bond donors (Lipinski definition) is 3. The van der Waals surface area contributed by atoms with Gasteiger partial charge in [-0.1, -0.05) is 26.0 Å². The number of nitrogens with two attached hydrogens (primary N) is 1. The van der Waals surface area contributed by atoms with Crippen molar-refractivity contribution in [1.29, 1.82) is 0 Å². The Labute approximate surface area is 113 Å². The van der Waals surface area contributed by atoms with Gasteiger partial charge in [0.15, 0.2) is 0 Å². The maximum absolute atomic E-state index is 9.90. The standard InChI is InChI=1S/C15H21N3O/c1-10(2)8-11(19)9-18-14-6-7-17-15-12(14)4-3-5-13(15)16/h3-7,10-11,19H,8-9,16H2,1-2H3,(H,17,18). The molecule has 4 N–H and O–H groups in total. The van der Waals surface area contributed by atoms with Gasteiger partial charge in [-0.25, -0.2) is 0 Å². The zero-order chi connectivity index (χ0) is 13.8. The number of anilines is 2. The lowest BCUT2D eigenvalue weighted by atomic mass is 10.1. The van der Waals surface area contributed by atoms with Gasteiger partial charge in [-0.3, -0.25) is 4.98 Å². The van der Waals surface area contributed by atoms with Crippen LogP contribution < -0.4 is 11.1 Å². The van der Waals surface area contributed by atoms with Crippen LogP contribution in [-0.4, -0.2) is 22.7 Å². The number of pyridine rings is 1. The number of aliphatic hydroxyl groups excluding tert-OH is 1. The van der Waals surface area contributed by atoms with Crippen LogP contribution in [0.4, 0.5) is 11.4 Å².